The summed E-state index contributed by atoms with van der Waals surface area (Å²) < 4.78 is 5.59. The summed E-state index contributed by atoms with van der Waals surface area (Å²) in [6.45, 7) is 0. The summed E-state index contributed by atoms with van der Waals surface area (Å²) in [5.74, 6) is 0.883. The Kier molecular flexibility index (Phi) is 3.79. The van der Waals surface area contributed by atoms with Crippen LogP contribution in [0, 0.1) is 0 Å². The molecule has 0 bridgehead atoms. The zero-order chi connectivity index (χ0) is 13.0. The van der Waals surface area contributed by atoms with Crippen LogP contribution in [0.5, 0.6) is 11.5 Å². The first-order chi connectivity index (χ1) is 8.69. The molecule has 0 aliphatic rings. The maximum atomic E-state index is 11.4. The Morgan fingerprint density at radius 3 is 2.78 bits per heavy atom. The number of nitrogens with zero attached hydrogens (tertiary/aromatic N) is 1. The van der Waals surface area contributed by atoms with Crippen LogP contribution in [0.3, 0.4) is 0 Å². The molecule has 0 saturated heterocycles. The summed E-state index contributed by atoms with van der Waals surface area (Å²) in [4.78, 5) is 15.4. The summed E-state index contributed by atoms with van der Waals surface area (Å²) in [5, 5.41) is 3.09. The zero-order valence-corrected chi connectivity index (χ0v) is 10.4. The maximum absolute atomic E-state index is 11.4. The Hall–Kier alpha value is -2.07. The largest absolute Gasteiger partial charge is 0.457 e. The molecule has 0 aliphatic heterocycles. The average Bonchev–Trinajstić information content (AvgIpc) is 2.38. The van der Waals surface area contributed by atoms with E-state index in [1.54, 1.807) is 43.4 Å². The van der Waals surface area contributed by atoms with Crippen molar-refractivity contribution in [2.24, 2.45) is 0 Å². The van der Waals surface area contributed by atoms with E-state index in [4.69, 9.17) is 16.3 Å². The van der Waals surface area contributed by atoms with Crippen LogP contribution in [0.1, 0.15) is 10.5 Å². The van der Waals surface area contributed by atoms with Gasteiger partial charge in [0.2, 0.25) is 0 Å². The number of halogens is 1. The highest BCUT2D eigenvalue weighted by molar-refractivity contribution is 6.30. The molecule has 0 saturated carbocycles. The normalized spacial score (nSPS) is 9.89. The van der Waals surface area contributed by atoms with Gasteiger partial charge in [-0.15, -0.1) is 0 Å². The van der Waals surface area contributed by atoms with E-state index in [9.17, 15) is 4.79 Å². The quantitative estimate of drug-likeness (QED) is 0.925. The lowest BCUT2D eigenvalue weighted by Gasteiger charge is -2.06. The molecule has 0 unspecified atom stereocenters. The van der Waals surface area contributed by atoms with Gasteiger partial charge in [-0.25, -0.2) is 0 Å². The van der Waals surface area contributed by atoms with Crippen LogP contribution < -0.4 is 10.1 Å². The molecule has 5 heteroatoms. The van der Waals surface area contributed by atoms with Gasteiger partial charge in [0.05, 0.1) is 0 Å². The lowest BCUT2D eigenvalue weighted by molar-refractivity contribution is 0.0958. The topological polar surface area (TPSA) is 51.2 Å². The Morgan fingerprint density at radius 1 is 1.28 bits per heavy atom. The average molecular weight is 263 g/mol. The Labute approximate surface area is 110 Å². The third-order valence-electron chi connectivity index (χ3n) is 2.22. The van der Waals surface area contributed by atoms with Crippen molar-refractivity contribution in [3.05, 3.63) is 53.3 Å². The van der Waals surface area contributed by atoms with E-state index >= 15 is 0 Å². The fourth-order valence-electron chi connectivity index (χ4n) is 1.39. The molecule has 1 amide bonds. The highest BCUT2D eigenvalue weighted by Gasteiger charge is 2.06. The first-order valence-corrected chi connectivity index (χ1v) is 5.68. The molecule has 1 aromatic carbocycles. The number of amides is 1. The van der Waals surface area contributed by atoms with Gasteiger partial charge >= 0.3 is 0 Å². The van der Waals surface area contributed by atoms with Crippen molar-refractivity contribution in [3.63, 3.8) is 0 Å². The van der Waals surface area contributed by atoms with E-state index in [0.717, 1.165) is 0 Å². The van der Waals surface area contributed by atoms with Gasteiger partial charge in [0.15, 0.2) is 0 Å². The lowest BCUT2D eigenvalue weighted by atomic mass is 10.3. The minimum atomic E-state index is -0.258. The van der Waals surface area contributed by atoms with E-state index in [0.29, 0.717) is 22.2 Å². The number of rotatable bonds is 3. The van der Waals surface area contributed by atoms with Gasteiger partial charge < -0.3 is 10.1 Å². The van der Waals surface area contributed by atoms with Gasteiger partial charge in [-0.3, -0.25) is 9.78 Å². The molecule has 1 aromatic heterocycles. The van der Waals surface area contributed by atoms with E-state index in [2.05, 4.69) is 10.3 Å². The molecular formula is C13H11ClN2O2. The standard InChI is InChI=1S/C13H11ClN2O2/c1-15-13(17)12-8-11(5-6-16-12)18-10-4-2-3-9(14)7-10/h2-8H,1H3,(H,15,17). The number of hydrogen-bond acceptors (Lipinski definition) is 3. The zero-order valence-electron chi connectivity index (χ0n) is 9.68. The van der Waals surface area contributed by atoms with Crippen molar-refractivity contribution < 1.29 is 9.53 Å². The Bertz CT molecular complexity index is 572. The molecule has 2 aromatic rings. The molecule has 0 atom stereocenters. The summed E-state index contributed by atoms with van der Waals surface area (Å²) in [5.41, 5.74) is 0.303. The number of carbonyl (C=O) groups excluding carboxylic acids is 1. The predicted octanol–water partition coefficient (Wildman–Crippen LogP) is 2.89. The van der Waals surface area contributed by atoms with Gasteiger partial charge in [0.25, 0.3) is 5.91 Å². The van der Waals surface area contributed by atoms with Gasteiger partial charge in [-0.05, 0) is 24.3 Å². The monoisotopic (exact) mass is 262 g/mol. The van der Waals surface area contributed by atoms with E-state index in [-0.39, 0.29) is 5.91 Å². The van der Waals surface area contributed by atoms with E-state index < -0.39 is 0 Å². The van der Waals surface area contributed by atoms with Gasteiger partial charge in [0, 0.05) is 24.3 Å². The number of pyridine rings is 1. The first kappa shape index (κ1) is 12.4. The van der Waals surface area contributed by atoms with Crippen LogP contribution in [0.4, 0.5) is 0 Å². The molecule has 0 spiro atoms. The highest BCUT2D eigenvalue weighted by Crippen LogP contribution is 2.24. The minimum absolute atomic E-state index is 0.258. The smallest absolute Gasteiger partial charge is 0.269 e. The number of ether oxygens (including phenoxy) is 1. The molecule has 1 N–H and O–H groups in total. The Balaban J connectivity index is 2.22. The highest BCUT2D eigenvalue weighted by atomic mass is 35.5. The second-order valence-corrected chi connectivity index (χ2v) is 3.95. The van der Waals surface area contributed by atoms with Crippen molar-refractivity contribution >= 4 is 17.5 Å². The number of aromatic nitrogens is 1. The molecule has 1 heterocycles. The summed E-state index contributed by atoms with van der Waals surface area (Å²) in [7, 11) is 1.55. The van der Waals surface area contributed by atoms with Crippen LogP contribution in [-0.2, 0) is 0 Å². The first-order valence-electron chi connectivity index (χ1n) is 5.30. The molecular weight excluding hydrogens is 252 g/mol. The number of benzene rings is 1. The van der Waals surface area contributed by atoms with Crippen LogP contribution in [0.2, 0.25) is 5.02 Å². The molecule has 0 radical (unpaired) electrons. The fourth-order valence-corrected chi connectivity index (χ4v) is 1.57. The van der Waals surface area contributed by atoms with Crippen molar-refractivity contribution in [2.45, 2.75) is 0 Å². The number of carbonyl (C=O) groups is 1. The third-order valence-corrected chi connectivity index (χ3v) is 2.46. The van der Waals surface area contributed by atoms with Crippen LogP contribution in [0.15, 0.2) is 42.6 Å². The summed E-state index contributed by atoms with van der Waals surface area (Å²) in [6, 6.07) is 10.3. The SMILES string of the molecule is CNC(=O)c1cc(Oc2cccc(Cl)c2)ccn1. The fraction of sp³-hybridized carbons (Fsp3) is 0.0769. The third kappa shape index (κ3) is 2.99. The van der Waals surface area contributed by atoms with Crippen LogP contribution in [0.25, 0.3) is 0 Å². The number of hydrogen-bond donors (Lipinski definition) is 1. The molecule has 4 nitrogen and oxygen atoms in total. The summed E-state index contributed by atoms with van der Waals surface area (Å²) in [6.07, 6.45) is 1.52. The lowest BCUT2D eigenvalue weighted by Crippen LogP contribution is -2.18. The second kappa shape index (κ2) is 5.51. The Morgan fingerprint density at radius 2 is 2.06 bits per heavy atom. The van der Waals surface area contributed by atoms with Gasteiger partial charge in [0.1, 0.15) is 17.2 Å². The molecule has 0 aliphatic carbocycles. The maximum Gasteiger partial charge on any atom is 0.269 e. The number of nitrogens with one attached hydrogen (secondary N) is 1. The summed E-state index contributed by atoms with van der Waals surface area (Å²) >= 11 is 5.86. The van der Waals surface area contributed by atoms with E-state index in [1.165, 1.54) is 6.20 Å². The van der Waals surface area contributed by atoms with Crippen LogP contribution >= 0.6 is 11.6 Å². The molecule has 2 rings (SSSR count). The second-order valence-electron chi connectivity index (χ2n) is 3.52. The van der Waals surface area contributed by atoms with Crippen molar-refractivity contribution in [1.29, 1.82) is 0 Å². The predicted molar refractivity (Wildman–Crippen MR) is 69.2 cm³/mol. The van der Waals surface area contributed by atoms with Crippen LogP contribution in [-0.4, -0.2) is 17.9 Å². The van der Waals surface area contributed by atoms with Crippen molar-refractivity contribution in [2.75, 3.05) is 7.05 Å². The molecule has 0 fully saturated rings. The van der Waals surface area contributed by atoms with Crippen molar-refractivity contribution in [1.82, 2.24) is 10.3 Å². The minimum Gasteiger partial charge on any atom is -0.457 e. The van der Waals surface area contributed by atoms with E-state index in [1.807, 2.05) is 0 Å². The van der Waals surface area contributed by atoms with Gasteiger partial charge in [-0.1, -0.05) is 17.7 Å². The molecule has 92 valence electrons. The molecule has 18 heavy (non-hydrogen) atoms. The van der Waals surface area contributed by atoms with Crippen molar-refractivity contribution in [3.8, 4) is 11.5 Å². The van der Waals surface area contributed by atoms with Gasteiger partial charge in [-0.2, -0.15) is 0 Å².